The fourth-order valence-electron chi connectivity index (χ4n) is 2.53. The van der Waals surface area contributed by atoms with Gasteiger partial charge in [-0.05, 0) is 54.4 Å². The van der Waals surface area contributed by atoms with Crippen LogP contribution in [0.4, 0.5) is 5.69 Å². The molecule has 0 aromatic heterocycles. The van der Waals surface area contributed by atoms with Gasteiger partial charge in [0.2, 0.25) is 11.8 Å². The Kier molecular flexibility index (Phi) is 6.44. The monoisotopic (exact) mass is 396 g/mol. The van der Waals surface area contributed by atoms with Crippen LogP contribution in [-0.2, 0) is 9.59 Å². The highest BCUT2D eigenvalue weighted by Crippen LogP contribution is 2.23. The number of aryl methyl sites for hydroxylation is 1. The number of thioether (sulfide) groups is 1. The second-order valence-electron chi connectivity index (χ2n) is 6.14. The van der Waals surface area contributed by atoms with Gasteiger partial charge in [-0.15, -0.1) is 5.10 Å². The lowest BCUT2D eigenvalue weighted by atomic mass is 10.2. The van der Waals surface area contributed by atoms with Crippen molar-refractivity contribution in [3.8, 4) is 5.75 Å². The molecule has 1 aliphatic rings. The van der Waals surface area contributed by atoms with Gasteiger partial charge in [0.1, 0.15) is 11.0 Å². The van der Waals surface area contributed by atoms with E-state index in [1.165, 1.54) is 11.8 Å². The molecule has 1 fully saturated rings. The van der Waals surface area contributed by atoms with Crippen molar-refractivity contribution in [3.63, 3.8) is 0 Å². The average molecular weight is 396 g/mol. The molecular weight excluding hydrogens is 376 g/mol. The Morgan fingerprint density at radius 3 is 2.79 bits per heavy atom. The molecule has 144 valence electrons. The van der Waals surface area contributed by atoms with Gasteiger partial charge < -0.3 is 15.4 Å². The number of nitrogens with one attached hydrogen (secondary N) is 2. The van der Waals surface area contributed by atoms with Gasteiger partial charge in [0.15, 0.2) is 5.17 Å². The summed E-state index contributed by atoms with van der Waals surface area (Å²) in [6.07, 6.45) is 1.64. The second kappa shape index (κ2) is 9.18. The van der Waals surface area contributed by atoms with E-state index in [-0.39, 0.29) is 18.2 Å². The molecule has 8 heteroatoms. The van der Waals surface area contributed by atoms with Crippen LogP contribution in [0, 0.1) is 6.92 Å². The Morgan fingerprint density at radius 2 is 2.07 bits per heavy atom. The molecule has 0 spiro atoms. The van der Waals surface area contributed by atoms with Gasteiger partial charge in [0.25, 0.3) is 0 Å². The zero-order valence-corrected chi connectivity index (χ0v) is 16.3. The minimum atomic E-state index is -0.528. The van der Waals surface area contributed by atoms with Crippen molar-refractivity contribution in [2.75, 3.05) is 12.4 Å². The Labute approximate surface area is 167 Å². The number of nitrogens with zero attached hydrogens (tertiary/aromatic N) is 2. The van der Waals surface area contributed by atoms with Gasteiger partial charge >= 0.3 is 0 Å². The lowest BCUT2D eigenvalue weighted by molar-refractivity contribution is -0.122. The van der Waals surface area contributed by atoms with Crippen LogP contribution in [0.25, 0.3) is 0 Å². The smallest absolute Gasteiger partial charge is 0.240 e. The molecule has 1 heterocycles. The number of anilines is 1. The van der Waals surface area contributed by atoms with Crippen LogP contribution >= 0.6 is 11.8 Å². The molecule has 28 heavy (non-hydrogen) atoms. The number of amides is 2. The summed E-state index contributed by atoms with van der Waals surface area (Å²) in [5.41, 5.74) is 2.62. The maximum absolute atomic E-state index is 12.2. The van der Waals surface area contributed by atoms with Gasteiger partial charge in [-0.3, -0.25) is 9.59 Å². The Bertz CT molecular complexity index is 925. The summed E-state index contributed by atoms with van der Waals surface area (Å²) in [4.78, 5) is 24.3. The van der Waals surface area contributed by atoms with Gasteiger partial charge in [0, 0.05) is 12.1 Å². The first-order valence-electron chi connectivity index (χ1n) is 8.62. The number of methoxy groups -OCH3 is 1. The van der Waals surface area contributed by atoms with Crippen molar-refractivity contribution in [1.82, 2.24) is 5.32 Å². The molecule has 2 aromatic carbocycles. The van der Waals surface area contributed by atoms with E-state index in [1.807, 2.05) is 55.5 Å². The molecule has 2 N–H and O–H groups in total. The molecule has 1 atom stereocenters. The largest absolute Gasteiger partial charge is 0.497 e. The topological polar surface area (TPSA) is 92.2 Å². The minimum Gasteiger partial charge on any atom is -0.497 e. The maximum atomic E-state index is 12.2. The van der Waals surface area contributed by atoms with Crippen LogP contribution in [0.15, 0.2) is 58.7 Å². The SMILES string of the molecule is COc1ccc(/C=N\N=C2\NC(=O)[C@H](CC(=O)Nc3cccc(C)c3)S2)cc1. The molecule has 1 aliphatic heterocycles. The third kappa shape index (κ3) is 5.43. The van der Waals surface area contributed by atoms with E-state index in [4.69, 9.17) is 4.74 Å². The molecule has 3 rings (SSSR count). The zero-order valence-electron chi connectivity index (χ0n) is 15.5. The van der Waals surface area contributed by atoms with Gasteiger partial charge in [-0.1, -0.05) is 23.9 Å². The molecule has 0 radical (unpaired) electrons. The molecular formula is C20H20N4O3S. The van der Waals surface area contributed by atoms with E-state index in [0.717, 1.165) is 16.9 Å². The highest BCUT2D eigenvalue weighted by Gasteiger charge is 2.32. The third-order valence-corrected chi connectivity index (χ3v) is 4.99. The summed E-state index contributed by atoms with van der Waals surface area (Å²) in [5, 5.41) is 13.3. The predicted molar refractivity (Wildman–Crippen MR) is 112 cm³/mol. The molecule has 1 saturated heterocycles. The molecule has 2 amide bonds. The van der Waals surface area contributed by atoms with Crippen LogP contribution in [0.2, 0.25) is 0 Å². The van der Waals surface area contributed by atoms with E-state index < -0.39 is 5.25 Å². The predicted octanol–water partition coefficient (Wildman–Crippen LogP) is 2.95. The van der Waals surface area contributed by atoms with Crippen molar-refractivity contribution in [1.29, 1.82) is 0 Å². The lowest BCUT2D eigenvalue weighted by Crippen LogP contribution is -2.28. The van der Waals surface area contributed by atoms with E-state index in [0.29, 0.717) is 10.9 Å². The quantitative estimate of drug-likeness (QED) is 0.580. The molecule has 0 saturated carbocycles. The molecule has 7 nitrogen and oxygen atoms in total. The van der Waals surface area contributed by atoms with Gasteiger partial charge in [-0.2, -0.15) is 5.10 Å². The summed E-state index contributed by atoms with van der Waals surface area (Å²) < 4.78 is 5.10. The number of rotatable bonds is 6. The lowest BCUT2D eigenvalue weighted by Gasteiger charge is -2.07. The number of hydrogen-bond donors (Lipinski definition) is 2. The van der Waals surface area contributed by atoms with Crippen molar-refractivity contribution < 1.29 is 14.3 Å². The van der Waals surface area contributed by atoms with Crippen molar-refractivity contribution in [2.24, 2.45) is 10.2 Å². The fourth-order valence-corrected chi connectivity index (χ4v) is 3.45. The van der Waals surface area contributed by atoms with E-state index >= 15 is 0 Å². The molecule has 0 aliphatic carbocycles. The van der Waals surface area contributed by atoms with Crippen LogP contribution < -0.4 is 15.4 Å². The Hall–Kier alpha value is -3.13. The summed E-state index contributed by atoms with van der Waals surface area (Å²) >= 11 is 1.20. The minimum absolute atomic E-state index is 0.0612. The van der Waals surface area contributed by atoms with Crippen LogP contribution in [0.1, 0.15) is 17.5 Å². The summed E-state index contributed by atoms with van der Waals surface area (Å²) in [6.45, 7) is 1.95. The zero-order chi connectivity index (χ0) is 19.9. The van der Waals surface area contributed by atoms with Crippen LogP contribution in [-0.4, -0.2) is 35.6 Å². The Balaban J connectivity index is 1.54. The normalized spacial score (nSPS) is 17.7. The van der Waals surface area contributed by atoms with Crippen molar-refractivity contribution in [3.05, 3.63) is 59.7 Å². The number of ether oxygens (including phenoxy) is 1. The summed E-state index contributed by atoms with van der Waals surface area (Å²) in [5.74, 6) is 0.290. The molecule has 2 aromatic rings. The maximum Gasteiger partial charge on any atom is 0.240 e. The first kappa shape index (κ1) is 19.6. The van der Waals surface area contributed by atoms with Gasteiger partial charge in [0.05, 0.1) is 13.3 Å². The highest BCUT2D eigenvalue weighted by atomic mass is 32.2. The van der Waals surface area contributed by atoms with Crippen LogP contribution in [0.3, 0.4) is 0 Å². The van der Waals surface area contributed by atoms with Crippen molar-refractivity contribution >= 4 is 40.6 Å². The van der Waals surface area contributed by atoms with Gasteiger partial charge in [-0.25, -0.2) is 0 Å². The first-order chi connectivity index (χ1) is 13.5. The number of benzene rings is 2. The van der Waals surface area contributed by atoms with E-state index in [1.54, 1.807) is 13.3 Å². The molecule has 0 bridgehead atoms. The van der Waals surface area contributed by atoms with E-state index in [2.05, 4.69) is 20.8 Å². The Morgan fingerprint density at radius 1 is 1.29 bits per heavy atom. The average Bonchev–Trinajstić information content (AvgIpc) is 3.01. The highest BCUT2D eigenvalue weighted by molar-refractivity contribution is 8.15. The summed E-state index contributed by atoms with van der Waals surface area (Å²) in [7, 11) is 1.60. The standard InChI is InChI=1S/C20H20N4O3S/c1-13-4-3-5-15(10-13)22-18(25)11-17-19(26)23-20(28-17)24-21-12-14-6-8-16(27-2)9-7-14/h3-10,12,17H,11H2,1-2H3,(H,22,25)(H,23,24,26)/b21-12-/t17-/m0/s1. The van der Waals surface area contributed by atoms with Crippen molar-refractivity contribution in [2.45, 2.75) is 18.6 Å². The third-order valence-electron chi connectivity index (χ3n) is 3.92. The number of amidine groups is 1. The van der Waals surface area contributed by atoms with E-state index in [9.17, 15) is 9.59 Å². The number of carbonyl (C=O) groups excluding carboxylic acids is 2. The molecule has 0 unspecified atom stereocenters. The summed E-state index contributed by atoms with van der Waals surface area (Å²) in [6, 6.07) is 14.8. The fraction of sp³-hybridized carbons (Fsp3) is 0.200. The number of carbonyl (C=O) groups is 2. The first-order valence-corrected chi connectivity index (χ1v) is 9.50. The second-order valence-corrected chi connectivity index (χ2v) is 7.33. The number of hydrogen-bond acceptors (Lipinski definition) is 6. The van der Waals surface area contributed by atoms with Crippen LogP contribution in [0.5, 0.6) is 5.75 Å².